The van der Waals surface area contributed by atoms with Crippen LogP contribution >= 0.6 is 0 Å². The number of nitrogens with zero attached hydrogens (tertiary/aromatic N) is 2. The molecule has 8 aromatic carbocycles. The van der Waals surface area contributed by atoms with E-state index < -0.39 is 0 Å². The second-order valence-corrected chi connectivity index (χ2v) is 15.2. The zero-order chi connectivity index (χ0) is 36.5. The fourth-order valence-corrected chi connectivity index (χ4v) is 9.20. The smallest absolute Gasteiger partial charge is 0.0738 e. The maximum atomic E-state index is 5.44. The topological polar surface area (TPSA) is 57.4 Å². The van der Waals surface area contributed by atoms with Crippen molar-refractivity contribution in [2.24, 2.45) is 0 Å². The van der Waals surface area contributed by atoms with E-state index in [0.29, 0.717) is 0 Å². The van der Waals surface area contributed by atoms with Gasteiger partial charge in [0.05, 0.1) is 22.8 Å². The molecule has 4 nitrogen and oxygen atoms in total. The summed E-state index contributed by atoms with van der Waals surface area (Å²) in [4.78, 5) is 18.7. The van der Waals surface area contributed by atoms with Gasteiger partial charge in [0.15, 0.2) is 0 Å². The highest BCUT2D eigenvalue weighted by Gasteiger charge is 2.22. The molecule has 2 aliphatic rings. The summed E-state index contributed by atoms with van der Waals surface area (Å²) in [6, 6.07) is 61.8. The van der Waals surface area contributed by atoms with Gasteiger partial charge in [0.25, 0.3) is 0 Å². The third kappa shape index (κ3) is 4.35. The summed E-state index contributed by atoms with van der Waals surface area (Å²) in [5, 5.41) is 14.3. The number of nitrogens with one attached hydrogen (secondary N) is 2. The molecule has 0 aliphatic carbocycles. The normalized spacial score (nSPS) is 12.3. The van der Waals surface area contributed by atoms with Gasteiger partial charge < -0.3 is 9.97 Å². The lowest BCUT2D eigenvalue weighted by Gasteiger charge is -2.05. The Bertz CT molecular complexity index is 3480. The van der Waals surface area contributed by atoms with Crippen LogP contribution in [0, 0.1) is 0 Å². The molecule has 8 bridgehead atoms. The molecule has 0 amide bonds. The second-order valence-electron chi connectivity index (χ2n) is 15.2. The fourth-order valence-electron chi connectivity index (χ4n) is 9.20. The van der Waals surface area contributed by atoms with E-state index in [1.807, 2.05) is 0 Å². The summed E-state index contributed by atoms with van der Waals surface area (Å²) in [6.45, 7) is 0. The predicted molar refractivity (Wildman–Crippen MR) is 235 cm³/mol. The predicted octanol–water partition coefficient (Wildman–Crippen LogP) is 13.9. The van der Waals surface area contributed by atoms with Crippen LogP contribution in [0.15, 0.2) is 170 Å². The van der Waals surface area contributed by atoms with Crippen LogP contribution in [0.1, 0.15) is 0 Å². The lowest BCUT2D eigenvalue weighted by molar-refractivity contribution is 1.38. The minimum Gasteiger partial charge on any atom is -0.354 e. The molecule has 0 saturated heterocycles. The molecule has 13 rings (SSSR count). The Balaban J connectivity index is 1.24. The van der Waals surface area contributed by atoms with Crippen LogP contribution in [0.25, 0.3) is 132 Å². The molecule has 3 aromatic heterocycles. The first-order valence-corrected chi connectivity index (χ1v) is 19.1. The summed E-state index contributed by atoms with van der Waals surface area (Å²) >= 11 is 0. The Morgan fingerprint density at radius 2 is 0.500 bits per heavy atom. The van der Waals surface area contributed by atoms with Gasteiger partial charge in [0, 0.05) is 65.9 Å². The Labute approximate surface area is 320 Å². The van der Waals surface area contributed by atoms with Crippen LogP contribution in [0.4, 0.5) is 0 Å². The van der Waals surface area contributed by atoms with Gasteiger partial charge in [-0.1, -0.05) is 97.1 Å². The number of H-pyrrole nitrogens is 2. The van der Waals surface area contributed by atoms with Crippen molar-refractivity contribution >= 4 is 86.7 Å². The highest BCUT2D eigenvalue weighted by molar-refractivity contribution is 6.17. The molecule has 4 heteroatoms. The van der Waals surface area contributed by atoms with Gasteiger partial charge in [0.1, 0.15) is 0 Å². The highest BCUT2D eigenvalue weighted by atomic mass is 14.8. The van der Waals surface area contributed by atoms with Gasteiger partial charge in [-0.3, -0.25) is 0 Å². The molecule has 0 unspecified atom stereocenters. The standard InChI is InChI=1S/C52H30N4/c1-2-10-30-18-38-37(17-29(30)9-1)45-25-47-39-19-31-11-3-4-12-32(31)20-40(39)49(54-47)27-51-43-23-35-15-7-8-16-36(35)24-44(43)52(56-51)28-50-42-22-34-14-6-5-13-33(34)21-41(42)48(55-50)26-46(38)53-45/h1-28,53-54H. The molecule has 0 fully saturated rings. The molecule has 5 heterocycles. The van der Waals surface area contributed by atoms with Crippen LogP contribution in [0.2, 0.25) is 0 Å². The van der Waals surface area contributed by atoms with Gasteiger partial charge in [-0.05, 0) is 116 Å². The minimum atomic E-state index is 0.912. The summed E-state index contributed by atoms with van der Waals surface area (Å²) in [7, 11) is 0. The fraction of sp³-hybridized carbons (Fsp3) is 0. The average Bonchev–Trinajstić information content (AvgIpc) is 3.95. The maximum Gasteiger partial charge on any atom is 0.0738 e. The maximum absolute atomic E-state index is 5.44. The molecule has 0 radical (unpaired) electrons. The molecular weight excluding hydrogens is 681 g/mol. The van der Waals surface area contributed by atoms with Crippen LogP contribution in [-0.2, 0) is 0 Å². The lowest BCUT2D eigenvalue weighted by atomic mass is 9.97. The van der Waals surface area contributed by atoms with E-state index >= 15 is 0 Å². The van der Waals surface area contributed by atoms with E-state index in [0.717, 1.165) is 77.9 Å². The molecule has 0 atom stereocenters. The largest absolute Gasteiger partial charge is 0.354 e. The molecular formula is C52H30N4. The molecule has 2 aliphatic heterocycles. The molecule has 258 valence electrons. The van der Waals surface area contributed by atoms with E-state index in [-0.39, 0.29) is 0 Å². The Morgan fingerprint density at radius 3 is 0.804 bits per heavy atom. The summed E-state index contributed by atoms with van der Waals surface area (Å²) < 4.78 is 0. The quantitative estimate of drug-likeness (QED) is 0.165. The van der Waals surface area contributed by atoms with E-state index in [1.165, 1.54) is 53.9 Å². The molecule has 2 N–H and O–H groups in total. The number of hydrogen-bond acceptors (Lipinski definition) is 2. The van der Waals surface area contributed by atoms with Crippen LogP contribution in [-0.4, -0.2) is 19.9 Å². The second kappa shape index (κ2) is 11.0. The van der Waals surface area contributed by atoms with Crippen LogP contribution < -0.4 is 0 Å². The Morgan fingerprint density at radius 1 is 0.250 bits per heavy atom. The Hall–Kier alpha value is -7.56. The first-order valence-electron chi connectivity index (χ1n) is 19.1. The van der Waals surface area contributed by atoms with E-state index in [1.54, 1.807) is 0 Å². The van der Waals surface area contributed by atoms with E-state index in [9.17, 15) is 0 Å². The van der Waals surface area contributed by atoms with Crippen molar-refractivity contribution in [1.29, 1.82) is 0 Å². The molecule has 11 aromatic rings. The Kier molecular flexibility index (Phi) is 5.86. The van der Waals surface area contributed by atoms with Gasteiger partial charge >= 0.3 is 0 Å². The number of hydrogen-bond donors (Lipinski definition) is 2. The minimum absolute atomic E-state index is 0.912. The molecule has 0 saturated carbocycles. The number of benzene rings is 8. The summed E-state index contributed by atoms with van der Waals surface area (Å²) in [5.41, 5.74) is 12.3. The number of fused-ring (bicyclic) bond motifs is 24. The number of aromatic amines is 2. The van der Waals surface area contributed by atoms with Gasteiger partial charge in [0.2, 0.25) is 0 Å². The number of rotatable bonds is 0. The van der Waals surface area contributed by atoms with Gasteiger partial charge in [-0.25, -0.2) is 9.97 Å². The van der Waals surface area contributed by atoms with Crippen LogP contribution in [0.3, 0.4) is 0 Å². The van der Waals surface area contributed by atoms with Gasteiger partial charge in [-0.15, -0.1) is 0 Å². The zero-order valence-corrected chi connectivity index (χ0v) is 30.1. The van der Waals surface area contributed by atoms with Crippen molar-refractivity contribution in [2.75, 3.05) is 0 Å². The van der Waals surface area contributed by atoms with Crippen LogP contribution in [0.5, 0.6) is 0 Å². The number of aromatic nitrogens is 4. The first-order chi connectivity index (χ1) is 27.7. The zero-order valence-electron chi connectivity index (χ0n) is 30.1. The summed E-state index contributed by atoms with van der Waals surface area (Å²) in [6.07, 6.45) is 0. The SMILES string of the molecule is c1ccc2cc3c(cc2c1)-c1cc2nc(cc4[nH]c(cc5[nH]c(cc-3n1)c1cc3ccccc3cc51)c1cc3ccccc3cc41)-c1cc3ccccc3cc1-2. The monoisotopic (exact) mass is 710 g/mol. The van der Waals surface area contributed by atoms with Crippen molar-refractivity contribution in [1.82, 2.24) is 19.9 Å². The van der Waals surface area contributed by atoms with Crippen molar-refractivity contribution in [3.8, 4) is 45.0 Å². The van der Waals surface area contributed by atoms with Crippen molar-refractivity contribution in [3.63, 3.8) is 0 Å². The van der Waals surface area contributed by atoms with Crippen molar-refractivity contribution in [2.45, 2.75) is 0 Å². The molecule has 56 heavy (non-hydrogen) atoms. The van der Waals surface area contributed by atoms with E-state index in [4.69, 9.17) is 9.97 Å². The molecule has 0 spiro atoms. The van der Waals surface area contributed by atoms with Crippen molar-refractivity contribution in [3.05, 3.63) is 170 Å². The summed E-state index contributed by atoms with van der Waals surface area (Å²) in [5.74, 6) is 0. The van der Waals surface area contributed by atoms with Crippen molar-refractivity contribution < 1.29 is 0 Å². The van der Waals surface area contributed by atoms with Gasteiger partial charge in [-0.2, -0.15) is 0 Å². The average molecular weight is 711 g/mol. The third-order valence-electron chi connectivity index (χ3n) is 12.0. The highest BCUT2D eigenvalue weighted by Crippen LogP contribution is 2.44. The van der Waals surface area contributed by atoms with E-state index in [2.05, 4.69) is 180 Å². The lowest BCUT2D eigenvalue weighted by Crippen LogP contribution is -1.81. The third-order valence-corrected chi connectivity index (χ3v) is 12.0. The first kappa shape index (κ1) is 29.8.